The summed E-state index contributed by atoms with van der Waals surface area (Å²) in [6.07, 6.45) is 35.8. The number of carbonyl (C=O) groups excluding carboxylic acids is 8. The Bertz CT molecular complexity index is 3080. The molecular formula is C90H136O28S4. The van der Waals surface area contributed by atoms with Crippen molar-refractivity contribution in [1.29, 1.82) is 0 Å². The van der Waals surface area contributed by atoms with Crippen LogP contribution in [0.2, 0.25) is 0 Å². The van der Waals surface area contributed by atoms with Gasteiger partial charge in [-0.15, -0.1) is 47.0 Å². The van der Waals surface area contributed by atoms with Crippen LogP contribution in [0.25, 0.3) is 0 Å². The molecule has 0 amide bonds. The SMILES string of the molecule is C=C(C)C(=O)OC1COC(C)CCCO1.C=C(C)C(=O)OC1COC2CCCCC2O1.C=C(C)C(=O)OC1COC2CCCCC2S1.C=C(C)C(=O)OC1CSC2CCCCC2O1.C=CC(=O)OC1COC(C)CCCO1.C=CC(=O)OC1COC2CCCCC2O1.C=CC(=O)OC1COC2CCCCC2S1.C=CC(=O)OC1CSC2CCCCC2O1. The van der Waals surface area contributed by atoms with Gasteiger partial charge in [0.2, 0.25) is 37.7 Å². The molecular weight excluding hydrogens is 1660 g/mol. The van der Waals surface area contributed by atoms with Crippen LogP contribution < -0.4 is 0 Å². The molecule has 0 aromatic carbocycles. The molecule has 688 valence electrons. The monoisotopic (exact) mass is 1790 g/mol. The van der Waals surface area contributed by atoms with Crippen molar-refractivity contribution in [1.82, 2.24) is 0 Å². The van der Waals surface area contributed by atoms with Gasteiger partial charge in [-0.05, 0) is 144 Å². The van der Waals surface area contributed by atoms with Gasteiger partial charge in [0.05, 0.1) is 99.0 Å². The second-order valence-electron chi connectivity index (χ2n) is 32.0. The predicted molar refractivity (Wildman–Crippen MR) is 465 cm³/mol. The highest BCUT2D eigenvalue weighted by Gasteiger charge is 2.41. The standard InChI is InChI=1S/C12H18O4.2C12H18O3S.C11H16O4.C11H18O4.2C11H16O3S.C10H16O4/c1-8(2)12(13)16-11-7-14-9-5-3-4-6-10(9)15-11;1-8(2)12(13)15-11-7-16-10-6-4-3-5-9(10)14-11;1-8(2)12(13)15-11-7-14-9-5-3-4-6-10(9)16-11;1-2-10(12)15-11-7-13-8-5-3-4-6-9(8)14-11;1-8(2)11(12)15-10-7-14-9(3)5-4-6-13-10;1-2-10(12)14-11-7-15-9-6-4-3-5-8(9)13-11;1-2-10(12)14-11-7-13-8-5-3-4-6-9(8)15-11;1-3-9(11)14-10-7-13-8(2)5-4-6-12-10/h3*9-11H,1,3-7H2,2H3;2,8-9,11H,1,3-7H2;9-10H,1,4-7H2,2-3H3;2*2,8-9,11H,1,3-7H2;3,8,10H,1,4-7H2,2H3. The number of hydrogen-bond acceptors (Lipinski definition) is 32. The van der Waals surface area contributed by atoms with E-state index in [1.54, 1.807) is 51.2 Å². The summed E-state index contributed by atoms with van der Waals surface area (Å²) >= 11 is 7.24. The Labute approximate surface area is 739 Å². The molecule has 8 aliphatic heterocycles. The van der Waals surface area contributed by atoms with E-state index in [0.717, 1.165) is 114 Å². The van der Waals surface area contributed by atoms with Crippen LogP contribution in [0.4, 0.5) is 0 Å². The van der Waals surface area contributed by atoms with Crippen LogP contribution in [0.1, 0.15) is 221 Å². The molecule has 28 nitrogen and oxygen atoms in total. The zero-order chi connectivity index (χ0) is 88.3. The summed E-state index contributed by atoms with van der Waals surface area (Å²) in [5.41, 5.74) is 1.34. The minimum atomic E-state index is -0.600. The molecule has 0 radical (unpaired) electrons. The van der Waals surface area contributed by atoms with Gasteiger partial charge < -0.3 is 94.7 Å². The van der Waals surface area contributed by atoms with Gasteiger partial charge in [-0.25, -0.2) is 38.4 Å². The smallest absolute Gasteiger partial charge is 0.335 e. The molecule has 8 heterocycles. The number of hydrogen-bond donors (Lipinski definition) is 0. The summed E-state index contributed by atoms with van der Waals surface area (Å²) in [7, 11) is 0. The van der Waals surface area contributed by atoms with Crippen LogP contribution >= 0.6 is 47.0 Å². The van der Waals surface area contributed by atoms with Crippen LogP contribution in [0.15, 0.2) is 99.2 Å². The molecule has 0 aromatic rings. The lowest BCUT2D eigenvalue weighted by Crippen LogP contribution is -2.46. The van der Waals surface area contributed by atoms with Gasteiger partial charge in [0, 0.05) is 67.6 Å². The molecule has 14 rings (SSSR count). The van der Waals surface area contributed by atoms with E-state index < -0.39 is 55.0 Å². The molecule has 14 fully saturated rings. The minimum absolute atomic E-state index is 0.0884. The van der Waals surface area contributed by atoms with E-state index in [4.69, 9.17) is 94.7 Å². The molecule has 22 atom stereocenters. The summed E-state index contributed by atoms with van der Waals surface area (Å²) in [4.78, 5) is 89.2. The van der Waals surface area contributed by atoms with E-state index in [9.17, 15) is 38.4 Å². The molecule has 0 bridgehead atoms. The second kappa shape index (κ2) is 57.4. The van der Waals surface area contributed by atoms with Crippen molar-refractivity contribution >= 4 is 94.8 Å². The third-order valence-electron chi connectivity index (χ3n) is 21.6. The fourth-order valence-corrected chi connectivity index (χ4v) is 20.5. The fourth-order valence-electron chi connectivity index (χ4n) is 15.1. The lowest BCUT2D eigenvalue weighted by Gasteiger charge is -2.38. The first kappa shape index (κ1) is 104. The second-order valence-corrected chi connectivity index (χ2v) is 37.4. The average Bonchev–Trinajstić information content (AvgIpc) is 0.830. The molecule has 0 spiro atoms. The maximum atomic E-state index is 11.4. The number of rotatable bonds is 16. The average molecular weight is 1790 g/mol. The number of ether oxygens (including phenoxy) is 20. The van der Waals surface area contributed by atoms with Crippen molar-refractivity contribution in [3.63, 3.8) is 0 Å². The Morgan fingerprint density at radius 1 is 0.279 bits per heavy atom. The number of carbonyl (C=O) groups is 8. The molecule has 14 aliphatic rings. The Morgan fingerprint density at radius 3 is 0.967 bits per heavy atom. The number of esters is 8. The minimum Gasteiger partial charge on any atom is -0.446 e. The first-order valence-electron chi connectivity index (χ1n) is 43.6. The highest BCUT2D eigenvalue weighted by atomic mass is 32.2. The summed E-state index contributed by atoms with van der Waals surface area (Å²) in [5, 5.41) is 2.23. The first-order chi connectivity index (χ1) is 58.7. The maximum Gasteiger partial charge on any atom is 0.335 e. The molecule has 122 heavy (non-hydrogen) atoms. The van der Waals surface area contributed by atoms with Crippen LogP contribution in [0.3, 0.4) is 0 Å². The highest BCUT2D eigenvalue weighted by molar-refractivity contribution is 8.01. The van der Waals surface area contributed by atoms with Crippen molar-refractivity contribution < 1.29 is 133 Å². The Morgan fingerprint density at radius 2 is 0.557 bits per heavy atom. The van der Waals surface area contributed by atoms with Crippen LogP contribution in [-0.2, 0) is 133 Å². The Balaban J connectivity index is 0.000000192. The first-order valence-corrected chi connectivity index (χ1v) is 47.5. The van der Waals surface area contributed by atoms with E-state index in [0.29, 0.717) is 108 Å². The van der Waals surface area contributed by atoms with Gasteiger partial charge in [-0.1, -0.05) is 130 Å². The van der Waals surface area contributed by atoms with E-state index >= 15 is 0 Å². The Hall–Kier alpha value is -5.40. The van der Waals surface area contributed by atoms with Gasteiger partial charge in [0.1, 0.15) is 26.4 Å². The van der Waals surface area contributed by atoms with Crippen molar-refractivity contribution in [2.45, 2.75) is 352 Å². The summed E-state index contributed by atoms with van der Waals surface area (Å²) < 4.78 is 108. The van der Waals surface area contributed by atoms with E-state index in [1.165, 1.54) is 102 Å². The van der Waals surface area contributed by atoms with Gasteiger partial charge in [-0.3, -0.25) is 0 Å². The third-order valence-corrected chi connectivity index (χ3v) is 27.4. The zero-order valence-corrected chi connectivity index (χ0v) is 75.9. The van der Waals surface area contributed by atoms with Crippen LogP contribution in [0, 0.1) is 0 Å². The normalized spacial score (nSPS) is 33.1. The number of thioether (sulfide) groups is 4. The summed E-state index contributed by atoms with van der Waals surface area (Å²) in [5.74, 6) is -1.69. The van der Waals surface area contributed by atoms with Gasteiger partial charge >= 0.3 is 47.8 Å². The topological polar surface area (TPSA) is 321 Å². The molecule has 8 saturated heterocycles. The van der Waals surface area contributed by atoms with Crippen molar-refractivity contribution in [3.05, 3.63) is 99.2 Å². The van der Waals surface area contributed by atoms with Crippen molar-refractivity contribution in [2.75, 3.05) is 64.4 Å². The van der Waals surface area contributed by atoms with Gasteiger partial charge in [-0.2, -0.15) is 0 Å². The molecule has 0 aromatic heterocycles. The van der Waals surface area contributed by atoms with Gasteiger partial charge in [0.15, 0.2) is 10.9 Å². The molecule has 6 saturated carbocycles. The lowest BCUT2D eigenvalue weighted by molar-refractivity contribution is -0.264. The Kier molecular flexibility index (Phi) is 48.8. The highest BCUT2D eigenvalue weighted by Crippen LogP contribution is 2.42. The van der Waals surface area contributed by atoms with E-state index in [-0.39, 0.29) is 90.2 Å². The molecule has 22 unspecified atom stereocenters. The summed E-state index contributed by atoms with van der Waals surface area (Å²) in [6, 6.07) is 0. The molecule has 6 aliphatic carbocycles. The number of fused-ring (bicyclic) bond motifs is 6. The maximum absolute atomic E-state index is 11.4. The molecule has 32 heteroatoms. The predicted octanol–water partition coefficient (Wildman–Crippen LogP) is 15.3. The van der Waals surface area contributed by atoms with E-state index in [1.807, 2.05) is 37.4 Å². The van der Waals surface area contributed by atoms with E-state index in [2.05, 4.69) is 52.6 Å². The lowest BCUT2D eigenvalue weighted by atomic mass is 9.94. The molecule has 0 N–H and O–H groups in total. The zero-order valence-electron chi connectivity index (χ0n) is 72.6. The van der Waals surface area contributed by atoms with Gasteiger partial charge in [0.25, 0.3) is 0 Å². The van der Waals surface area contributed by atoms with Crippen molar-refractivity contribution in [2.24, 2.45) is 0 Å². The largest absolute Gasteiger partial charge is 0.446 e. The van der Waals surface area contributed by atoms with Crippen LogP contribution in [-0.4, -0.2) is 243 Å². The summed E-state index contributed by atoms with van der Waals surface area (Å²) in [6.45, 7) is 41.6. The van der Waals surface area contributed by atoms with Crippen molar-refractivity contribution in [3.8, 4) is 0 Å². The van der Waals surface area contributed by atoms with Crippen LogP contribution in [0.5, 0.6) is 0 Å². The fraction of sp³-hybridized carbons (Fsp3) is 0.733. The third kappa shape index (κ3) is 39.1. The quantitative estimate of drug-likeness (QED) is 0.0787.